The summed E-state index contributed by atoms with van der Waals surface area (Å²) in [6.07, 6.45) is 0.949. The normalized spacial score (nSPS) is 17.7. The van der Waals surface area contributed by atoms with Gasteiger partial charge in [-0.1, -0.05) is 11.6 Å². The number of aromatic nitrogens is 4. The van der Waals surface area contributed by atoms with Crippen molar-refractivity contribution in [3.63, 3.8) is 0 Å². The Balaban J connectivity index is 1.64. The molecule has 2 aromatic rings. The van der Waals surface area contributed by atoms with E-state index in [0.717, 1.165) is 10.6 Å². The van der Waals surface area contributed by atoms with Gasteiger partial charge in [-0.05, 0) is 61.4 Å². The summed E-state index contributed by atoms with van der Waals surface area (Å²) < 4.78 is 6.96. The lowest BCUT2D eigenvalue weighted by Crippen LogP contribution is -2.46. The lowest BCUT2D eigenvalue weighted by atomic mass is 10.0. The maximum atomic E-state index is 12.9. The van der Waals surface area contributed by atoms with E-state index in [1.54, 1.807) is 18.2 Å². The van der Waals surface area contributed by atoms with Gasteiger partial charge in [-0.2, -0.15) is 0 Å². The molecular weight excluding hydrogens is 426 g/mol. The summed E-state index contributed by atoms with van der Waals surface area (Å²) in [6.45, 7) is 5.51. The van der Waals surface area contributed by atoms with Crippen molar-refractivity contribution in [1.29, 1.82) is 0 Å². The smallest absolute Gasteiger partial charge is 0.278 e. The van der Waals surface area contributed by atoms with E-state index in [4.69, 9.17) is 21.2 Å². The van der Waals surface area contributed by atoms with Gasteiger partial charge in [-0.3, -0.25) is 14.4 Å². The standard InChI is InChI=1S/C20H26ClN5O5/c1-20(2,3)30-11-18(28)19(29)26-16(8-9-31-26)17(27)7-4-13-10-14(21)5-6-15(13)25-12-22-23-24-25/h5-6,10,12,16,18,28H,4,7-9,11H2,1-3H3/t16-,18+/m0/s1. The molecule has 1 N–H and O–H groups in total. The highest BCUT2D eigenvalue weighted by Gasteiger charge is 2.38. The first kappa shape index (κ1) is 23.3. The maximum Gasteiger partial charge on any atom is 0.278 e. The van der Waals surface area contributed by atoms with Crippen molar-refractivity contribution < 1.29 is 24.3 Å². The number of amides is 1. The number of ketones is 1. The number of halogens is 1. The number of hydrogen-bond donors (Lipinski definition) is 1. The van der Waals surface area contributed by atoms with Gasteiger partial charge in [0.05, 0.1) is 24.5 Å². The van der Waals surface area contributed by atoms with Crippen LogP contribution in [-0.2, 0) is 25.6 Å². The molecule has 0 unspecified atom stereocenters. The van der Waals surface area contributed by atoms with Crippen LogP contribution in [0.15, 0.2) is 24.5 Å². The van der Waals surface area contributed by atoms with Gasteiger partial charge in [-0.15, -0.1) is 5.10 Å². The van der Waals surface area contributed by atoms with E-state index in [0.29, 0.717) is 23.6 Å². The minimum absolute atomic E-state index is 0.155. The van der Waals surface area contributed by atoms with Crippen LogP contribution in [0.1, 0.15) is 39.2 Å². The van der Waals surface area contributed by atoms with Crippen LogP contribution in [0, 0.1) is 0 Å². The number of aliphatic hydroxyl groups is 1. The second kappa shape index (κ2) is 9.82. The number of rotatable bonds is 8. The van der Waals surface area contributed by atoms with Crippen molar-refractivity contribution in [3.05, 3.63) is 35.1 Å². The van der Waals surface area contributed by atoms with Crippen molar-refractivity contribution in [2.24, 2.45) is 0 Å². The molecular formula is C20H26ClN5O5. The molecule has 1 aliphatic rings. The molecule has 10 nitrogen and oxygen atoms in total. The Bertz CT molecular complexity index is 915. The first-order valence-corrected chi connectivity index (χ1v) is 10.4. The Morgan fingerprint density at radius 3 is 2.84 bits per heavy atom. The third-order valence-corrected chi connectivity index (χ3v) is 4.97. The highest BCUT2D eigenvalue weighted by atomic mass is 35.5. The first-order chi connectivity index (χ1) is 14.7. The summed E-state index contributed by atoms with van der Waals surface area (Å²) >= 11 is 6.12. The summed E-state index contributed by atoms with van der Waals surface area (Å²) in [4.78, 5) is 30.8. The molecule has 3 rings (SSSR count). The number of aliphatic hydroxyl groups excluding tert-OH is 1. The fourth-order valence-corrected chi connectivity index (χ4v) is 3.39. The van der Waals surface area contributed by atoms with Gasteiger partial charge in [-0.25, -0.2) is 9.75 Å². The second-order valence-corrected chi connectivity index (χ2v) is 8.67. The lowest BCUT2D eigenvalue weighted by Gasteiger charge is -2.26. The van der Waals surface area contributed by atoms with Crippen molar-refractivity contribution in [1.82, 2.24) is 25.3 Å². The topological polar surface area (TPSA) is 120 Å². The molecule has 1 aromatic carbocycles. The van der Waals surface area contributed by atoms with E-state index >= 15 is 0 Å². The Morgan fingerprint density at radius 2 is 2.16 bits per heavy atom. The van der Waals surface area contributed by atoms with Crippen molar-refractivity contribution in [2.75, 3.05) is 13.2 Å². The van der Waals surface area contributed by atoms with E-state index < -0.39 is 23.7 Å². The van der Waals surface area contributed by atoms with Gasteiger partial charge >= 0.3 is 0 Å². The SMILES string of the molecule is CC(C)(C)OC[C@@H](O)C(=O)N1OCC[C@H]1C(=O)CCc1cc(Cl)ccc1-n1cnnn1. The van der Waals surface area contributed by atoms with Crippen LogP contribution in [0.5, 0.6) is 0 Å². The van der Waals surface area contributed by atoms with Gasteiger partial charge < -0.3 is 9.84 Å². The van der Waals surface area contributed by atoms with Gasteiger partial charge in [0.2, 0.25) is 0 Å². The Morgan fingerprint density at radius 1 is 1.39 bits per heavy atom. The summed E-state index contributed by atoms with van der Waals surface area (Å²) in [5.41, 5.74) is 1.01. The largest absolute Gasteiger partial charge is 0.381 e. The summed E-state index contributed by atoms with van der Waals surface area (Å²) in [7, 11) is 0. The highest BCUT2D eigenvalue weighted by Crippen LogP contribution is 2.23. The monoisotopic (exact) mass is 451 g/mol. The Kier molecular flexibility index (Phi) is 7.37. The van der Waals surface area contributed by atoms with Crippen LogP contribution in [0.3, 0.4) is 0 Å². The molecule has 0 radical (unpaired) electrons. The number of benzene rings is 1. The lowest BCUT2D eigenvalue weighted by molar-refractivity contribution is -0.191. The molecule has 31 heavy (non-hydrogen) atoms. The quantitative estimate of drug-likeness (QED) is 0.641. The molecule has 1 amide bonds. The molecule has 168 valence electrons. The van der Waals surface area contributed by atoms with E-state index in [1.165, 1.54) is 11.0 Å². The molecule has 1 aliphatic heterocycles. The van der Waals surface area contributed by atoms with Gasteiger partial charge in [0.15, 0.2) is 11.9 Å². The van der Waals surface area contributed by atoms with E-state index in [-0.39, 0.29) is 25.4 Å². The fraction of sp³-hybridized carbons (Fsp3) is 0.550. The number of carbonyl (C=O) groups is 2. The molecule has 11 heteroatoms. The third-order valence-electron chi connectivity index (χ3n) is 4.73. The molecule has 2 atom stereocenters. The van der Waals surface area contributed by atoms with Crippen LogP contribution in [0.2, 0.25) is 5.02 Å². The fourth-order valence-electron chi connectivity index (χ4n) is 3.20. The zero-order chi connectivity index (χ0) is 22.6. The zero-order valence-corrected chi connectivity index (χ0v) is 18.4. The van der Waals surface area contributed by atoms with Gasteiger partial charge in [0.1, 0.15) is 12.4 Å². The molecule has 1 aromatic heterocycles. The van der Waals surface area contributed by atoms with Gasteiger partial charge in [0, 0.05) is 17.9 Å². The average Bonchev–Trinajstić information content (AvgIpc) is 3.41. The van der Waals surface area contributed by atoms with Crippen LogP contribution >= 0.6 is 11.6 Å². The Labute approximate surface area is 185 Å². The van der Waals surface area contributed by atoms with E-state index in [2.05, 4.69) is 15.5 Å². The zero-order valence-electron chi connectivity index (χ0n) is 17.7. The molecule has 1 fully saturated rings. The number of Topliss-reactive ketones (excluding diaryl/α,β-unsaturated/α-hetero) is 1. The minimum atomic E-state index is -1.41. The van der Waals surface area contributed by atoms with Gasteiger partial charge in [0.25, 0.3) is 5.91 Å². The number of ether oxygens (including phenoxy) is 1. The van der Waals surface area contributed by atoms with Crippen molar-refractivity contribution in [3.8, 4) is 5.69 Å². The molecule has 0 bridgehead atoms. The predicted octanol–water partition coefficient (Wildman–Crippen LogP) is 1.53. The number of tetrazole rings is 1. The Hall–Kier alpha value is -2.40. The molecule has 0 spiro atoms. The predicted molar refractivity (Wildman–Crippen MR) is 110 cm³/mol. The summed E-state index contributed by atoms with van der Waals surface area (Å²) in [6, 6.07) is 4.50. The van der Waals surface area contributed by atoms with Crippen LogP contribution in [-0.4, -0.2) is 73.0 Å². The third kappa shape index (κ3) is 6.07. The van der Waals surface area contributed by atoms with Crippen molar-refractivity contribution in [2.45, 2.75) is 57.8 Å². The summed E-state index contributed by atoms with van der Waals surface area (Å²) in [5.74, 6) is -0.852. The molecule has 0 saturated carbocycles. The number of carbonyl (C=O) groups excluding carboxylic acids is 2. The van der Waals surface area contributed by atoms with Crippen molar-refractivity contribution >= 4 is 23.3 Å². The van der Waals surface area contributed by atoms with Crippen LogP contribution in [0.4, 0.5) is 0 Å². The maximum absolute atomic E-state index is 12.9. The minimum Gasteiger partial charge on any atom is -0.381 e. The van der Waals surface area contributed by atoms with Crippen LogP contribution < -0.4 is 0 Å². The number of hydrogen-bond acceptors (Lipinski definition) is 8. The van der Waals surface area contributed by atoms with Crippen LogP contribution in [0.25, 0.3) is 5.69 Å². The molecule has 2 heterocycles. The van der Waals surface area contributed by atoms with E-state index in [1.807, 2.05) is 20.8 Å². The average molecular weight is 452 g/mol. The first-order valence-electron chi connectivity index (χ1n) is 9.98. The molecule has 1 saturated heterocycles. The number of hydroxylamine groups is 2. The highest BCUT2D eigenvalue weighted by molar-refractivity contribution is 6.30. The number of nitrogens with zero attached hydrogens (tertiary/aromatic N) is 5. The second-order valence-electron chi connectivity index (χ2n) is 8.23. The molecule has 0 aliphatic carbocycles. The van der Waals surface area contributed by atoms with E-state index in [9.17, 15) is 14.7 Å². The summed E-state index contributed by atoms with van der Waals surface area (Å²) in [5, 5.41) is 22.8. The number of aryl methyl sites for hydroxylation is 1.